The van der Waals surface area contributed by atoms with E-state index in [1.165, 1.54) is 24.5 Å². The Morgan fingerprint density at radius 3 is 2.29 bits per heavy atom. The highest BCUT2D eigenvalue weighted by atomic mass is 32.2. The minimum Gasteiger partial charge on any atom is -0.451 e. The first kappa shape index (κ1) is 37.4. The molecule has 1 aromatic carbocycles. The quantitative estimate of drug-likeness (QED) is 0.341. The lowest BCUT2D eigenvalue weighted by Crippen LogP contribution is -2.62. The van der Waals surface area contributed by atoms with Crippen molar-refractivity contribution in [2.45, 2.75) is 72.4 Å². The molecular weight excluding hydrogens is 676 g/mol. The van der Waals surface area contributed by atoms with Crippen molar-refractivity contribution in [3.8, 4) is 11.5 Å². The summed E-state index contributed by atoms with van der Waals surface area (Å²) in [6, 6.07) is 3.86. The molecule has 51 heavy (non-hydrogen) atoms. The number of nitrogens with zero attached hydrogens (tertiary/aromatic N) is 8. The standard InChI is InChI=1S/C36H53FN8O5S/c1-6-33(46)41-15-17-44(18-16-41)51(48,49)43-13-10-36(11-14-43)23-40(24-36)21-28-9-12-42(22-28)34-32(20-38-25-39-34)50-31-8-7-29(37)19-30(31)35(47)45(26(2)3)27(4)5/h7-8,19-20,25-28H,6,9-18,21-24H2,1-5H3/t28-/m0/s1. The summed E-state index contributed by atoms with van der Waals surface area (Å²) < 4.78 is 50.7. The van der Waals surface area contributed by atoms with Crippen LogP contribution in [0.1, 0.15) is 70.7 Å². The van der Waals surface area contributed by atoms with Crippen LogP contribution >= 0.6 is 0 Å². The fraction of sp³-hybridized carbons (Fsp3) is 0.667. The number of anilines is 1. The van der Waals surface area contributed by atoms with Crippen LogP contribution in [0.15, 0.2) is 30.7 Å². The third-order valence-corrected chi connectivity index (χ3v) is 13.0. The van der Waals surface area contributed by atoms with Gasteiger partial charge in [-0.2, -0.15) is 17.0 Å². The highest BCUT2D eigenvalue weighted by Crippen LogP contribution is 2.42. The normalized spacial score (nSPS) is 21.8. The maximum atomic E-state index is 14.4. The number of carbonyl (C=O) groups is 2. The van der Waals surface area contributed by atoms with Gasteiger partial charge in [-0.25, -0.2) is 14.4 Å². The lowest BCUT2D eigenvalue weighted by molar-refractivity contribution is -0.132. The Morgan fingerprint density at radius 1 is 0.980 bits per heavy atom. The molecule has 15 heteroatoms. The summed E-state index contributed by atoms with van der Waals surface area (Å²) in [6.07, 6.45) is 6.23. The number of likely N-dealkylation sites (tertiary alicyclic amines) is 1. The van der Waals surface area contributed by atoms with Crippen molar-refractivity contribution in [3.05, 3.63) is 42.1 Å². The van der Waals surface area contributed by atoms with E-state index < -0.39 is 16.0 Å². The van der Waals surface area contributed by atoms with E-state index in [9.17, 15) is 22.4 Å². The van der Waals surface area contributed by atoms with E-state index in [1.54, 1.807) is 24.6 Å². The van der Waals surface area contributed by atoms with Gasteiger partial charge in [0.25, 0.3) is 16.1 Å². The summed E-state index contributed by atoms with van der Waals surface area (Å²) in [5.74, 6) is 1.02. The van der Waals surface area contributed by atoms with Crippen LogP contribution in [-0.4, -0.2) is 138 Å². The van der Waals surface area contributed by atoms with Gasteiger partial charge in [0.1, 0.15) is 17.9 Å². The fourth-order valence-electron chi connectivity index (χ4n) is 8.33. The van der Waals surface area contributed by atoms with Crippen molar-refractivity contribution >= 4 is 27.8 Å². The van der Waals surface area contributed by atoms with Crippen molar-refractivity contribution < 1.29 is 27.1 Å². The third kappa shape index (κ3) is 8.01. The Kier molecular flexibility index (Phi) is 11.2. The molecule has 4 saturated heterocycles. The van der Waals surface area contributed by atoms with Crippen molar-refractivity contribution in [2.75, 3.05) is 76.9 Å². The lowest BCUT2D eigenvalue weighted by atomic mass is 9.72. The zero-order chi connectivity index (χ0) is 36.5. The summed E-state index contributed by atoms with van der Waals surface area (Å²) in [6.45, 7) is 16.8. The molecule has 1 spiro atoms. The first-order valence-corrected chi connectivity index (χ1v) is 19.8. The van der Waals surface area contributed by atoms with Crippen LogP contribution in [0.25, 0.3) is 0 Å². The predicted octanol–water partition coefficient (Wildman–Crippen LogP) is 3.69. The summed E-state index contributed by atoms with van der Waals surface area (Å²) in [5, 5.41) is 0. The molecule has 2 amide bonds. The Bertz CT molecular complexity index is 1660. The van der Waals surface area contributed by atoms with Gasteiger partial charge in [0.15, 0.2) is 11.6 Å². The van der Waals surface area contributed by atoms with Crippen LogP contribution in [-0.2, 0) is 15.0 Å². The van der Waals surface area contributed by atoms with E-state index in [0.29, 0.717) is 63.2 Å². The van der Waals surface area contributed by atoms with E-state index in [1.807, 2.05) is 34.6 Å². The number of amides is 2. The van der Waals surface area contributed by atoms with Gasteiger partial charge in [-0.15, -0.1) is 0 Å². The second-order valence-corrected chi connectivity index (χ2v) is 17.1. The number of aromatic nitrogens is 2. The van der Waals surface area contributed by atoms with Crippen molar-refractivity contribution in [2.24, 2.45) is 11.3 Å². The van der Waals surface area contributed by atoms with Crippen LogP contribution in [0.3, 0.4) is 0 Å². The number of halogens is 1. The predicted molar refractivity (Wildman–Crippen MR) is 192 cm³/mol. The average Bonchev–Trinajstić information content (AvgIpc) is 3.56. The third-order valence-electron chi connectivity index (χ3n) is 10.9. The number of hydrogen-bond donors (Lipinski definition) is 0. The molecule has 5 heterocycles. The maximum Gasteiger partial charge on any atom is 0.282 e. The number of hydrogen-bond acceptors (Lipinski definition) is 9. The van der Waals surface area contributed by atoms with E-state index in [4.69, 9.17) is 4.74 Å². The molecule has 0 unspecified atom stereocenters. The van der Waals surface area contributed by atoms with Crippen LogP contribution in [0, 0.1) is 17.2 Å². The molecule has 0 bridgehead atoms. The van der Waals surface area contributed by atoms with Crippen molar-refractivity contribution in [1.29, 1.82) is 0 Å². The van der Waals surface area contributed by atoms with E-state index in [-0.39, 0.29) is 40.6 Å². The zero-order valence-electron chi connectivity index (χ0n) is 30.6. The number of rotatable bonds is 11. The van der Waals surface area contributed by atoms with Gasteiger partial charge in [-0.3, -0.25) is 9.59 Å². The number of piperazine rings is 1. The van der Waals surface area contributed by atoms with E-state index in [2.05, 4.69) is 19.8 Å². The van der Waals surface area contributed by atoms with Gasteiger partial charge in [-0.1, -0.05) is 6.92 Å². The number of piperidine rings is 1. The molecule has 13 nitrogen and oxygen atoms in total. The number of benzene rings is 1. The average molecular weight is 729 g/mol. The highest BCUT2D eigenvalue weighted by Gasteiger charge is 2.48. The molecule has 4 aliphatic rings. The second kappa shape index (κ2) is 15.3. The Hall–Kier alpha value is -3.40. The highest BCUT2D eigenvalue weighted by molar-refractivity contribution is 7.86. The molecule has 4 aliphatic heterocycles. The van der Waals surface area contributed by atoms with Crippen molar-refractivity contribution in [3.63, 3.8) is 0 Å². The first-order chi connectivity index (χ1) is 24.3. The second-order valence-electron chi connectivity index (χ2n) is 15.2. The van der Waals surface area contributed by atoms with Crippen LogP contribution in [0.4, 0.5) is 10.2 Å². The van der Waals surface area contributed by atoms with Gasteiger partial charge in [0, 0.05) is 90.5 Å². The van der Waals surface area contributed by atoms with E-state index >= 15 is 0 Å². The van der Waals surface area contributed by atoms with E-state index in [0.717, 1.165) is 52.0 Å². The SMILES string of the molecule is CCC(=O)N1CCN(S(=O)(=O)N2CCC3(CC2)CN(C[C@@H]2CCN(c4ncncc4Oc4ccc(F)cc4C(=O)N(C(C)C)C(C)C)C2)C3)CC1. The molecule has 2 aromatic rings. The summed E-state index contributed by atoms with van der Waals surface area (Å²) in [4.78, 5) is 42.5. The molecule has 280 valence electrons. The molecule has 0 radical (unpaired) electrons. The molecule has 4 fully saturated rings. The number of ether oxygens (including phenoxy) is 1. The Morgan fingerprint density at radius 2 is 1.65 bits per heavy atom. The maximum absolute atomic E-state index is 14.4. The molecule has 0 saturated carbocycles. The minimum absolute atomic E-state index is 0.0738. The summed E-state index contributed by atoms with van der Waals surface area (Å²) in [5.41, 5.74) is 0.319. The minimum atomic E-state index is -3.53. The first-order valence-electron chi connectivity index (χ1n) is 18.4. The molecule has 1 aromatic heterocycles. The largest absolute Gasteiger partial charge is 0.451 e. The molecule has 1 atom stereocenters. The number of carbonyl (C=O) groups excluding carboxylic acids is 2. The van der Waals surface area contributed by atoms with Gasteiger partial charge in [0.2, 0.25) is 5.91 Å². The topological polar surface area (TPSA) is 123 Å². The lowest BCUT2D eigenvalue weighted by Gasteiger charge is -2.54. The van der Waals surface area contributed by atoms with Gasteiger partial charge in [0.05, 0.1) is 11.8 Å². The monoisotopic (exact) mass is 728 g/mol. The Balaban J connectivity index is 1.01. The van der Waals surface area contributed by atoms with Crippen LogP contribution in [0.5, 0.6) is 11.5 Å². The Labute approximate surface area is 301 Å². The summed E-state index contributed by atoms with van der Waals surface area (Å²) in [7, 11) is -3.53. The van der Waals surface area contributed by atoms with Gasteiger partial charge < -0.3 is 24.3 Å². The van der Waals surface area contributed by atoms with Gasteiger partial charge >= 0.3 is 0 Å². The molecule has 0 aliphatic carbocycles. The molecule has 0 N–H and O–H groups in total. The fourth-order valence-corrected chi connectivity index (χ4v) is 9.93. The smallest absolute Gasteiger partial charge is 0.282 e. The zero-order valence-corrected chi connectivity index (χ0v) is 31.4. The van der Waals surface area contributed by atoms with Crippen molar-refractivity contribution in [1.82, 2.24) is 33.3 Å². The van der Waals surface area contributed by atoms with Crippen LogP contribution < -0.4 is 9.64 Å². The summed E-state index contributed by atoms with van der Waals surface area (Å²) >= 11 is 0. The van der Waals surface area contributed by atoms with Crippen LogP contribution in [0.2, 0.25) is 0 Å². The molecule has 6 rings (SSSR count). The molecular formula is C36H53FN8O5S. The van der Waals surface area contributed by atoms with Gasteiger partial charge in [-0.05, 0) is 76.5 Å².